The van der Waals surface area contributed by atoms with Crippen molar-refractivity contribution in [3.05, 3.63) is 0 Å². The lowest BCUT2D eigenvalue weighted by atomic mass is 9.41. The summed E-state index contributed by atoms with van der Waals surface area (Å²) in [5.74, 6) is 0.793. The summed E-state index contributed by atoms with van der Waals surface area (Å²) in [5.41, 5.74) is -0.612. The summed E-state index contributed by atoms with van der Waals surface area (Å²) >= 11 is 0. The van der Waals surface area contributed by atoms with E-state index in [-0.39, 0.29) is 10.8 Å². The average Bonchev–Trinajstić information content (AvgIpc) is 2.63. The first-order valence-corrected chi connectivity index (χ1v) is 9.60. The minimum Gasteiger partial charge on any atom is -0.481 e. The molecule has 1 spiro atoms. The highest BCUT2D eigenvalue weighted by molar-refractivity contribution is 5.75. The van der Waals surface area contributed by atoms with Crippen molar-refractivity contribution in [1.29, 1.82) is 0 Å². The van der Waals surface area contributed by atoms with Gasteiger partial charge >= 0.3 is 5.97 Å². The fourth-order valence-corrected chi connectivity index (χ4v) is 8.05. The predicted molar refractivity (Wildman–Crippen MR) is 88.9 cm³/mol. The smallest absolute Gasteiger partial charge is 0.309 e. The average molecular weight is 320 g/mol. The maximum atomic E-state index is 12.1. The Labute approximate surface area is 139 Å². The predicted octanol–water partition coefficient (Wildman–Crippen LogP) is 4.23. The summed E-state index contributed by atoms with van der Waals surface area (Å²) in [6.45, 7) is 6.45. The first-order chi connectivity index (χ1) is 10.6. The van der Waals surface area contributed by atoms with E-state index < -0.39 is 17.0 Å². The molecule has 7 atom stereocenters. The van der Waals surface area contributed by atoms with E-state index in [1.807, 2.05) is 13.8 Å². The fraction of sp³-hybridized carbons (Fsp3) is 0.950. The first-order valence-electron chi connectivity index (χ1n) is 9.60. The van der Waals surface area contributed by atoms with Crippen LogP contribution in [0.5, 0.6) is 0 Å². The van der Waals surface area contributed by atoms with Crippen LogP contribution in [0.2, 0.25) is 0 Å². The molecule has 0 aromatic rings. The van der Waals surface area contributed by atoms with Gasteiger partial charge < -0.3 is 10.2 Å². The van der Waals surface area contributed by atoms with Crippen LogP contribution in [0.4, 0.5) is 0 Å². The van der Waals surface area contributed by atoms with E-state index >= 15 is 0 Å². The highest BCUT2D eigenvalue weighted by atomic mass is 16.4. The van der Waals surface area contributed by atoms with Crippen LogP contribution in [-0.4, -0.2) is 21.8 Å². The van der Waals surface area contributed by atoms with Crippen LogP contribution >= 0.6 is 0 Å². The van der Waals surface area contributed by atoms with Gasteiger partial charge in [-0.25, -0.2) is 0 Å². The zero-order valence-corrected chi connectivity index (χ0v) is 14.9. The first kappa shape index (κ1) is 15.9. The molecule has 0 heterocycles. The van der Waals surface area contributed by atoms with Gasteiger partial charge in [0.25, 0.3) is 0 Å². The number of carboxylic acids is 1. The molecule has 3 nitrogen and oxygen atoms in total. The van der Waals surface area contributed by atoms with Crippen LogP contribution in [0.3, 0.4) is 0 Å². The molecule has 23 heavy (non-hydrogen) atoms. The largest absolute Gasteiger partial charge is 0.481 e. The third kappa shape index (κ3) is 1.89. The van der Waals surface area contributed by atoms with Crippen LogP contribution in [0, 0.1) is 34.0 Å². The van der Waals surface area contributed by atoms with Gasteiger partial charge in [0, 0.05) is 0 Å². The van der Waals surface area contributed by atoms with E-state index in [4.69, 9.17) is 0 Å². The molecule has 0 aromatic carbocycles. The van der Waals surface area contributed by atoms with E-state index in [0.29, 0.717) is 17.8 Å². The number of aliphatic hydroxyl groups is 1. The van der Waals surface area contributed by atoms with Crippen LogP contribution in [0.15, 0.2) is 0 Å². The lowest BCUT2D eigenvalue weighted by Gasteiger charge is -2.63. The maximum Gasteiger partial charge on any atom is 0.309 e. The minimum absolute atomic E-state index is 0.148. The fourth-order valence-electron chi connectivity index (χ4n) is 8.05. The Balaban J connectivity index is 1.74. The highest BCUT2D eigenvalue weighted by Gasteiger charge is 2.67. The molecule has 4 saturated carbocycles. The van der Waals surface area contributed by atoms with Crippen molar-refractivity contribution in [2.45, 2.75) is 84.2 Å². The summed E-state index contributed by atoms with van der Waals surface area (Å²) in [5, 5.41) is 20.8. The zero-order chi connectivity index (χ0) is 16.7. The van der Waals surface area contributed by atoms with Crippen LogP contribution in [0.1, 0.15) is 78.6 Å². The van der Waals surface area contributed by atoms with Crippen LogP contribution in [0.25, 0.3) is 0 Å². The molecule has 4 aliphatic rings. The summed E-state index contributed by atoms with van der Waals surface area (Å²) in [6, 6.07) is 0. The molecular weight excluding hydrogens is 288 g/mol. The van der Waals surface area contributed by atoms with Gasteiger partial charge in [-0.05, 0) is 93.8 Å². The van der Waals surface area contributed by atoms with E-state index in [0.717, 1.165) is 38.5 Å². The second kappa shape index (κ2) is 4.53. The normalized spacial score (nSPS) is 58.3. The molecular formula is C20H32O3. The van der Waals surface area contributed by atoms with E-state index in [2.05, 4.69) is 6.92 Å². The molecule has 3 heteroatoms. The Kier molecular flexibility index (Phi) is 3.14. The second-order valence-electron chi connectivity index (χ2n) is 10.1. The van der Waals surface area contributed by atoms with Crippen molar-refractivity contribution in [2.75, 3.05) is 0 Å². The standard InChI is InChI=1S/C20H32O3/c1-17-8-4-9-18(2,16(21)22)14(17)7-10-20-11-13(5-6-15(17)20)19(3,23)12-20/h13-15,23H,4-12H2,1-3H3,(H,21,22)/t13-,14+,15+,17-,18-,19+,20+/m0/s1. The van der Waals surface area contributed by atoms with Crippen molar-refractivity contribution in [1.82, 2.24) is 0 Å². The molecule has 0 aromatic heterocycles. The molecule has 0 amide bonds. The topological polar surface area (TPSA) is 57.5 Å². The molecule has 0 unspecified atom stereocenters. The van der Waals surface area contributed by atoms with E-state index in [1.54, 1.807) is 0 Å². The number of rotatable bonds is 1. The Hall–Kier alpha value is -0.570. The van der Waals surface area contributed by atoms with Crippen molar-refractivity contribution in [3.8, 4) is 0 Å². The Morgan fingerprint density at radius 2 is 1.74 bits per heavy atom. The molecule has 4 rings (SSSR count). The number of carboxylic acid groups (broad SMARTS) is 1. The van der Waals surface area contributed by atoms with Gasteiger partial charge in [-0.2, -0.15) is 0 Å². The van der Waals surface area contributed by atoms with Gasteiger partial charge in [-0.15, -0.1) is 0 Å². The maximum absolute atomic E-state index is 12.1. The summed E-state index contributed by atoms with van der Waals surface area (Å²) < 4.78 is 0. The molecule has 2 bridgehead atoms. The molecule has 130 valence electrons. The minimum atomic E-state index is -0.587. The lowest BCUT2D eigenvalue weighted by molar-refractivity contribution is -0.181. The van der Waals surface area contributed by atoms with Gasteiger partial charge in [-0.1, -0.05) is 13.3 Å². The molecule has 0 saturated heterocycles. The third-order valence-electron chi connectivity index (χ3n) is 8.98. The van der Waals surface area contributed by atoms with Crippen molar-refractivity contribution < 1.29 is 15.0 Å². The Bertz CT molecular complexity index is 541. The Morgan fingerprint density at radius 1 is 1.00 bits per heavy atom. The molecule has 4 aliphatic carbocycles. The van der Waals surface area contributed by atoms with Gasteiger partial charge in [0.05, 0.1) is 11.0 Å². The number of hydrogen-bond donors (Lipinski definition) is 2. The van der Waals surface area contributed by atoms with Crippen LogP contribution < -0.4 is 0 Å². The van der Waals surface area contributed by atoms with Crippen molar-refractivity contribution in [3.63, 3.8) is 0 Å². The quantitative estimate of drug-likeness (QED) is 0.760. The highest BCUT2D eigenvalue weighted by Crippen LogP contribution is 2.72. The van der Waals surface area contributed by atoms with Gasteiger partial charge in [0.1, 0.15) is 0 Å². The number of hydrogen-bond acceptors (Lipinski definition) is 2. The third-order valence-corrected chi connectivity index (χ3v) is 8.98. The molecule has 2 N–H and O–H groups in total. The monoisotopic (exact) mass is 320 g/mol. The van der Waals surface area contributed by atoms with Crippen molar-refractivity contribution >= 4 is 5.97 Å². The van der Waals surface area contributed by atoms with Gasteiger partial charge in [0.2, 0.25) is 0 Å². The SMILES string of the molecule is C[C@]12CCC[C@](C)(C(=O)O)[C@@H]1CC[C@]13C[C@H](CC[C@@H]12)[C@](C)(O)C3. The second-order valence-corrected chi connectivity index (χ2v) is 10.1. The van der Waals surface area contributed by atoms with Crippen molar-refractivity contribution in [2.24, 2.45) is 34.0 Å². The van der Waals surface area contributed by atoms with Gasteiger partial charge in [0.15, 0.2) is 0 Å². The molecule has 0 radical (unpaired) electrons. The lowest BCUT2D eigenvalue weighted by Crippen LogP contribution is -2.58. The summed E-state index contributed by atoms with van der Waals surface area (Å²) in [6.07, 6.45) is 9.68. The number of fused-ring (bicyclic) bond motifs is 3. The summed E-state index contributed by atoms with van der Waals surface area (Å²) in [7, 11) is 0. The van der Waals surface area contributed by atoms with Crippen LogP contribution in [-0.2, 0) is 4.79 Å². The van der Waals surface area contributed by atoms with E-state index in [9.17, 15) is 15.0 Å². The number of aliphatic carboxylic acids is 1. The summed E-state index contributed by atoms with van der Waals surface area (Å²) in [4.78, 5) is 12.1. The molecule has 4 fully saturated rings. The number of carbonyl (C=O) groups is 1. The molecule has 0 aliphatic heterocycles. The zero-order valence-electron chi connectivity index (χ0n) is 14.9. The van der Waals surface area contributed by atoms with Gasteiger partial charge in [-0.3, -0.25) is 4.79 Å². The Morgan fingerprint density at radius 3 is 2.43 bits per heavy atom. The van der Waals surface area contributed by atoms with E-state index in [1.165, 1.54) is 19.3 Å².